The molecule has 0 aliphatic carbocycles. The quantitative estimate of drug-likeness (QED) is 0.742. The fraction of sp³-hybridized carbons (Fsp3) is 0.200. The van der Waals surface area contributed by atoms with Crippen molar-refractivity contribution in [2.45, 2.75) is 12.3 Å². The fourth-order valence-electron chi connectivity index (χ4n) is 2.04. The first-order chi connectivity index (χ1) is 9.13. The van der Waals surface area contributed by atoms with Crippen LogP contribution in [0.4, 0.5) is 0 Å². The van der Waals surface area contributed by atoms with Crippen LogP contribution < -0.4 is 5.32 Å². The van der Waals surface area contributed by atoms with E-state index in [1.165, 1.54) is 0 Å². The molecule has 0 spiro atoms. The van der Waals surface area contributed by atoms with Gasteiger partial charge in [-0.25, -0.2) is 0 Å². The summed E-state index contributed by atoms with van der Waals surface area (Å²) in [6.07, 6.45) is 8.04. The highest BCUT2D eigenvalue weighted by atomic mass is 32.1. The summed E-state index contributed by atoms with van der Waals surface area (Å²) >= 11 is 4.50. The van der Waals surface area contributed by atoms with E-state index in [2.05, 4.69) is 22.8 Å². The van der Waals surface area contributed by atoms with Gasteiger partial charge in [-0.1, -0.05) is 6.08 Å². The van der Waals surface area contributed by atoms with E-state index in [0.717, 1.165) is 17.0 Å². The van der Waals surface area contributed by atoms with Gasteiger partial charge < -0.3 is 15.3 Å². The number of rotatable bonds is 3. The lowest BCUT2D eigenvalue weighted by Crippen LogP contribution is -2.26. The predicted molar refractivity (Wildman–Crippen MR) is 82.7 cm³/mol. The van der Waals surface area contributed by atoms with E-state index in [4.69, 9.17) is 0 Å². The van der Waals surface area contributed by atoms with Gasteiger partial charge in [0.15, 0.2) is 0 Å². The number of benzene rings is 1. The third kappa shape index (κ3) is 2.96. The van der Waals surface area contributed by atoms with E-state index in [9.17, 15) is 5.11 Å². The molecule has 1 atom stereocenters. The molecule has 1 aromatic carbocycles. The lowest BCUT2D eigenvalue weighted by molar-refractivity contribution is 0.470. The maximum absolute atomic E-state index is 9.38. The van der Waals surface area contributed by atoms with Crippen molar-refractivity contribution in [1.29, 1.82) is 0 Å². The highest BCUT2D eigenvalue weighted by molar-refractivity contribution is 7.80. The SMILES string of the molecule is CN/C(=C1/C=CC=CN1C(C)S)c1ccc(O)cc1. The third-order valence-electron chi connectivity index (χ3n) is 2.95. The molecule has 0 fully saturated rings. The minimum absolute atomic E-state index is 0.0802. The first-order valence-electron chi connectivity index (χ1n) is 6.16. The maximum Gasteiger partial charge on any atom is 0.115 e. The van der Waals surface area contributed by atoms with Gasteiger partial charge in [-0.3, -0.25) is 0 Å². The summed E-state index contributed by atoms with van der Waals surface area (Å²) in [5.74, 6) is 0.266. The summed E-state index contributed by atoms with van der Waals surface area (Å²) in [5, 5.41) is 12.7. The van der Waals surface area contributed by atoms with Crippen LogP contribution in [0.25, 0.3) is 5.70 Å². The van der Waals surface area contributed by atoms with Crippen LogP contribution in [0.3, 0.4) is 0 Å². The highest BCUT2D eigenvalue weighted by Crippen LogP contribution is 2.26. The average Bonchev–Trinajstić information content (AvgIpc) is 2.42. The molecule has 2 rings (SSSR count). The maximum atomic E-state index is 9.38. The van der Waals surface area contributed by atoms with Crippen molar-refractivity contribution in [3.05, 3.63) is 60.0 Å². The van der Waals surface area contributed by atoms with Gasteiger partial charge in [-0.15, -0.1) is 0 Å². The van der Waals surface area contributed by atoms with Gasteiger partial charge in [0.1, 0.15) is 5.75 Å². The van der Waals surface area contributed by atoms with Crippen LogP contribution in [-0.2, 0) is 0 Å². The molecule has 0 bridgehead atoms. The van der Waals surface area contributed by atoms with E-state index in [1.807, 2.05) is 50.5 Å². The van der Waals surface area contributed by atoms with Crippen LogP contribution in [-0.4, -0.2) is 22.4 Å². The third-order valence-corrected chi connectivity index (χ3v) is 3.20. The Bertz CT molecular complexity index is 530. The molecule has 0 saturated heterocycles. The van der Waals surface area contributed by atoms with Crippen LogP contribution in [0.5, 0.6) is 5.75 Å². The Kier molecular flexibility index (Phi) is 4.22. The van der Waals surface area contributed by atoms with Gasteiger partial charge >= 0.3 is 0 Å². The van der Waals surface area contributed by atoms with Crippen LogP contribution in [0, 0.1) is 0 Å². The first kappa shape index (κ1) is 13.6. The predicted octanol–water partition coefficient (Wildman–Crippen LogP) is 2.94. The van der Waals surface area contributed by atoms with Crippen LogP contribution in [0.15, 0.2) is 54.4 Å². The first-order valence-corrected chi connectivity index (χ1v) is 6.68. The van der Waals surface area contributed by atoms with Gasteiger partial charge in [-0.05, 0) is 48.9 Å². The molecule has 2 N–H and O–H groups in total. The molecule has 4 heteroatoms. The largest absolute Gasteiger partial charge is 0.508 e. The number of hydrogen-bond acceptors (Lipinski definition) is 4. The van der Waals surface area contributed by atoms with E-state index in [1.54, 1.807) is 12.1 Å². The molecule has 1 unspecified atom stereocenters. The Morgan fingerprint density at radius 3 is 2.53 bits per heavy atom. The Morgan fingerprint density at radius 1 is 1.26 bits per heavy atom. The fourth-order valence-corrected chi connectivity index (χ4v) is 2.24. The molecule has 19 heavy (non-hydrogen) atoms. The highest BCUT2D eigenvalue weighted by Gasteiger charge is 2.16. The molecule has 1 aromatic rings. The minimum atomic E-state index is 0.0802. The second-order valence-electron chi connectivity index (χ2n) is 4.30. The molecule has 100 valence electrons. The average molecular weight is 274 g/mol. The van der Waals surface area contributed by atoms with Crippen molar-refractivity contribution in [3.63, 3.8) is 0 Å². The van der Waals surface area contributed by atoms with Crippen molar-refractivity contribution < 1.29 is 5.11 Å². The van der Waals surface area contributed by atoms with Crippen LogP contribution >= 0.6 is 12.6 Å². The van der Waals surface area contributed by atoms with Gasteiger partial charge in [0, 0.05) is 13.2 Å². The summed E-state index contributed by atoms with van der Waals surface area (Å²) < 4.78 is 0. The number of nitrogens with zero attached hydrogens (tertiary/aromatic N) is 1. The van der Waals surface area contributed by atoms with Gasteiger partial charge in [-0.2, -0.15) is 12.6 Å². The Hall–Kier alpha value is -1.81. The number of nitrogens with one attached hydrogen (secondary N) is 1. The van der Waals surface area contributed by atoms with Gasteiger partial charge in [0.05, 0.1) is 16.8 Å². The van der Waals surface area contributed by atoms with Crippen LogP contribution in [0.1, 0.15) is 12.5 Å². The standard InChI is InChI=1S/C15H18N2OS/c1-11(19)17-10-4-3-5-14(17)15(16-2)12-6-8-13(18)9-7-12/h3-11,16,18-19H,1-2H3/b15-14-. The zero-order chi connectivity index (χ0) is 13.8. The summed E-state index contributed by atoms with van der Waals surface area (Å²) in [5.41, 5.74) is 3.08. The Balaban J connectivity index is 2.48. The normalized spacial score (nSPS) is 18.4. The molecular formula is C15H18N2OS. The summed E-state index contributed by atoms with van der Waals surface area (Å²) in [4.78, 5) is 2.09. The Morgan fingerprint density at radius 2 is 1.95 bits per heavy atom. The van der Waals surface area contributed by atoms with Crippen molar-refractivity contribution in [3.8, 4) is 5.75 Å². The lowest BCUT2D eigenvalue weighted by atomic mass is 10.1. The van der Waals surface area contributed by atoms with Gasteiger partial charge in [0.2, 0.25) is 0 Å². The molecular weight excluding hydrogens is 256 g/mol. The molecule has 1 aliphatic rings. The van der Waals surface area contributed by atoms with E-state index >= 15 is 0 Å². The van der Waals surface area contributed by atoms with E-state index < -0.39 is 0 Å². The topological polar surface area (TPSA) is 35.5 Å². The summed E-state index contributed by atoms with van der Waals surface area (Å²) in [7, 11) is 1.89. The molecule has 1 heterocycles. The van der Waals surface area contributed by atoms with Crippen molar-refractivity contribution in [1.82, 2.24) is 10.2 Å². The van der Waals surface area contributed by atoms with Crippen molar-refractivity contribution in [2.24, 2.45) is 0 Å². The molecule has 1 aliphatic heterocycles. The number of allylic oxidation sites excluding steroid dienone is 3. The number of aromatic hydroxyl groups is 1. The summed E-state index contributed by atoms with van der Waals surface area (Å²) in [6.45, 7) is 2.02. The van der Waals surface area contributed by atoms with Crippen molar-refractivity contribution >= 4 is 18.3 Å². The monoisotopic (exact) mass is 274 g/mol. The zero-order valence-electron chi connectivity index (χ0n) is 11.0. The molecule has 3 nitrogen and oxygen atoms in total. The lowest BCUT2D eigenvalue weighted by Gasteiger charge is -2.29. The zero-order valence-corrected chi connectivity index (χ0v) is 11.9. The van der Waals surface area contributed by atoms with E-state index in [-0.39, 0.29) is 11.1 Å². The number of thiol groups is 1. The molecule has 0 radical (unpaired) electrons. The number of phenolic OH excluding ortho intramolecular Hbond substituents is 1. The van der Waals surface area contributed by atoms with Crippen LogP contribution in [0.2, 0.25) is 0 Å². The smallest absolute Gasteiger partial charge is 0.115 e. The Labute approximate surface area is 119 Å². The minimum Gasteiger partial charge on any atom is -0.508 e. The van der Waals surface area contributed by atoms with Gasteiger partial charge in [0.25, 0.3) is 0 Å². The van der Waals surface area contributed by atoms with E-state index in [0.29, 0.717) is 0 Å². The molecule has 0 saturated carbocycles. The number of hydrogen-bond donors (Lipinski definition) is 3. The summed E-state index contributed by atoms with van der Waals surface area (Å²) in [6, 6.07) is 7.15. The second-order valence-corrected chi connectivity index (χ2v) is 5.04. The molecule has 0 aromatic heterocycles. The number of phenols is 1. The van der Waals surface area contributed by atoms with Crippen molar-refractivity contribution in [2.75, 3.05) is 7.05 Å². The molecule has 0 amide bonds. The second kappa shape index (κ2) is 5.89.